The van der Waals surface area contributed by atoms with E-state index in [2.05, 4.69) is 5.32 Å². The van der Waals surface area contributed by atoms with E-state index in [1.165, 1.54) is 26.0 Å². The smallest absolute Gasteiger partial charge is 0.331 e. The molecule has 0 aliphatic heterocycles. The number of halogens is 1. The molecule has 0 aliphatic carbocycles. The van der Waals surface area contributed by atoms with Crippen LogP contribution in [0.1, 0.15) is 19.4 Å². The highest BCUT2D eigenvalue weighted by molar-refractivity contribution is 6.08. The molecular weight excluding hydrogens is 251 g/mol. The number of nitriles is 1. The van der Waals surface area contributed by atoms with E-state index < -0.39 is 17.7 Å². The van der Waals surface area contributed by atoms with Crippen molar-refractivity contribution in [1.29, 1.82) is 5.26 Å². The number of carboxylic acid groups (broad SMARTS) is 1. The molecule has 1 amide bonds. The monoisotopic (exact) mass is 262 g/mol. The number of nitrogens with one attached hydrogen (secondary N) is 1. The number of benzene rings is 1. The average molecular weight is 262 g/mol. The molecule has 0 spiro atoms. The minimum absolute atomic E-state index is 0.0174. The second-order valence-corrected chi connectivity index (χ2v) is 3.82. The number of hydrogen-bond acceptors (Lipinski definition) is 3. The quantitative estimate of drug-likeness (QED) is 0.816. The second kappa shape index (κ2) is 5.78. The number of carbonyl (C=O) groups excluding carboxylic acids is 1. The molecule has 0 unspecified atom stereocenters. The fourth-order valence-electron chi connectivity index (χ4n) is 1.23. The normalized spacial score (nSPS) is 11.3. The predicted octanol–water partition coefficient (Wildman–Crippen LogP) is 2.06. The molecule has 19 heavy (non-hydrogen) atoms. The zero-order valence-corrected chi connectivity index (χ0v) is 10.3. The van der Waals surface area contributed by atoms with E-state index in [0.29, 0.717) is 0 Å². The van der Waals surface area contributed by atoms with Gasteiger partial charge in [-0.1, -0.05) is 0 Å². The van der Waals surface area contributed by atoms with Gasteiger partial charge in [0.05, 0.1) is 17.3 Å². The van der Waals surface area contributed by atoms with Crippen LogP contribution in [0.3, 0.4) is 0 Å². The van der Waals surface area contributed by atoms with Crippen molar-refractivity contribution >= 4 is 17.6 Å². The molecule has 0 saturated carbocycles. The standard InChI is InChI=1S/C13H11FN2O3/c1-7(8(2)13(18)19)12(17)16-11-4-3-9(6-15)5-10(11)14/h3-5H,1-2H3,(H,16,17)(H,18,19)/b8-7+. The van der Waals surface area contributed by atoms with Gasteiger partial charge in [-0.3, -0.25) is 4.79 Å². The molecular formula is C13H11FN2O3. The third kappa shape index (κ3) is 3.39. The molecule has 0 atom stereocenters. The number of anilines is 1. The van der Waals surface area contributed by atoms with Crippen molar-refractivity contribution in [2.45, 2.75) is 13.8 Å². The Morgan fingerprint density at radius 1 is 1.32 bits per heavy atom. The second-order valence-electron chi connectivity index (χ2n) is 3.82. The average Bonchev–Trinajstić information content (AvgIpc) is 2.38. The molecule has 0 fully saturated rings. The maximum atomic E-state index is 13.5. The molecule has 98 valence electrons. The lowest BCUT2D eigenvalue weighted by atomic mass is 10.1. The summed E-state index contributed by atoms with van der Waals surface area (Å²) in [4.78, 5) is 22.4. The summed E-state index contributed by atoms with van der Waals surface area (Å²) < 4.78 is 13.5. The first-order valence-corrected chi connectivity index (χ1v) is 5.28. The third-order valence-electron chi connectivity index (χ3n) is 2.57. The Morgan fingerprint density at radius 2 is 1.95 bits per heavy atom. The van der Waals surface area contributed by atoms with E-state index in [0.717, 1.165) is 6.07 Å². The van der Waals surface area contributed by atoms with E-state index in [1.54, 1.807) is 6.07 Å². The molecule has 6 heteroatoms. The van der Waals surface area contributed by atoms with Crippen LogP contribution in [-0.4, -0.2) is 17.0 Å². The number of amides is 1. The first-order chi connectivity index (χ1) is 8.86. The number of hydrogen-bond donors (Lipinski definition) is 2. The Labute approximate surface area is 109 Å². The predicted molar refractivity (Wildman–Crippen MR) is 65.8 cm³/mol. The fraction of sp³-hybridized carbons (Fsp3) is 0.154. The number of aliphatic carboxylic acids is 1. The van der Waals surface area contributed by atoms with Crippen LogP contribution in [0.5, 0.6) is 0 Å². The van der Waals surface area contributed by atoms with E-state index >= 15 is 0 Å². The lowest BCUT2D eigenvalue weighted by Crippen LogP contribution is -2.17. The Morgan fingerprint density at radius 3 is 2.42 bits per heavy atom. The van der Waals surface area contributed by atoms with E-state index in [9.17, 15) is 14.0 Å². The van der Waals surface area contributed by atoms with Crippen LogP contribution in [0.25, 0.3) is 0 Å². The van der Waals surface area contributed by atoms with Crippen LogP contribution in [-0.2, 0) is 9.59 Å². The highest BCUT2D eigenvalue weighted by atomic mass is 19.1. The highest BCUT2D eigenvalue weighted by Crippen LogP contribution is 2.17. The van der Waals surface area contributed by atoms with Gasteiger partial charge in [-0.15, -0.1) is 0 Å². The Bertz CT molecular complexity index is 615. The summed E-state index contributed by atoms with van der Waals surface area (Å²) in [5, 5.41) is 19.6. The summed E-state index contributed by atoms with van der Waals surface area (Å²) in [5.41, 5.74) is -0.117. The van der Waals surface area contributed by atoms with Gasteiger partial charge in [-0.2, -0.15) is 5.26 Å². The summed E-state index contributed by atoms with van der Waals surface area (Å²) in [6.45, 7) is 2.62. The third-order valence-corrected chi connectivity index (χ3v) is 2.57. The lowest BCUT2D eigenvalue weighted by molar-refractivity contribution is -0.133. The van der Waals surface area contributed by atoms with Gasteiger partial charge in [-0.05, 0) is 32.0 Å². The Kier molecular flexibility index (Phi) is 4.37. The zero-order valence-electron chi connectivity index (χ0n) is 10.3. The molecule has 0 aromatic heterocycles. The lowest BCUT2D eigenvalue weighted by Gasteiger charge is -2.08. The van der Waals surface area contributed by atoms with Gasteiger partial charge in [0.2, 0.25) is 0 Å². The maximum Gasteiger partial charge on any atom is 0.331 e. The maximum absolute atomic E-state index is 13.5. The molecule has 1 aromatic carbocycles. The van der Waals surface area contributed by atoms with Gasteiger partial charge >= 0.3 is 5.97 Å². The minimum Gasteiger partial charge on any atom is -0.478 e. The number of carboxylic acids is 1. The van der Waals surface area contributed by atoms with Crippen molar-refractivity contribution < 1.29 is 19.1 Å². The van der Waals surface area contributed by atoms with Crippen LogP contribution in [0.15, 0.2) is 29.3 Å². The van der Waals surface area contributed by atoms with Crippen molar-refractivity contribution in [3.63, 3.8) is 0 Å². The van der Waals surface area contributed by atoms with Crippen molar-refractivity contribution in [2.75, 3.05) is 5.32 Å². The van der Waals surface area contributed by atoms with Crippen LogP contribution in [0.2, 0.25) is 0 Å². The van der Waals surface area contributed by atoms with E-state index in [4.69, 9.17) is 10.4 Å². The van der Waals surface area contributed by atoms with Crippen molar-refractivity contribution in [1.82, 2.24) is 0 Å². The van der Waals surface area contributed by atoms with Crippen molar-refractivity contribution in [2.24, 2.45) is 0 Å². The van der Waals surface area contributed by atoms with Gasteiger partial charge in [-0.25, -0.2) is 9.18 Å². The molecule has 2 N–H and O–H groups in total. The Balaban J connectivity index is 2.99. The van der Waals surface area contributed by atoms with E-state index in [1.807, 2.05) is 0 Å². The van der Waals surface area contributed by atoms with Crippen LogP contribution < -0.4 is 5.32 Å². The number of nitrogens with zero attached hydrogens (tertiary/aromatic N) is 1. The first kappa shape index (κ1) is 14.4. The zero-order chi connectivity index (χ0) is 14.6. The number of carbonyl (C=O) groups is 2. The number of rotatable bonds is 3. The first-order valence-electron chi connectivity index (χ1n) is 5.28. The van der Waals surface area contributed by atoms with Crippen LogP contribution in [0.4, 0.5) is 10.1 Å². The molecule has 0 bridgehead atoms. The van der Waals surface area contributed by atoms with Crippen molar-refractivity contribution in [3.05, 3.63) is 40.7 Å². The van der Waals surface area contributed by atoms with Gasteiger partial charge < -0.3 is 10.4 Å². The molecule has 1 rings (SSSR count). The fourth-order valence-corrected chi connectivity index (χ4v) is 1.23. The summed E-state index contributed by atoms with van der Waals surface area (Å²) in [6.07, 6.45) is 0. The summed E-state index contributed by atoms with van der Waals surface area (Å²) in [6, 6.07) is 5.34. The van der Waals surface area contributed by atoms with Crippen LogP contribution in [0, 0.1) is 17.1 Å². The van der Waals surface area contributed by atoms with Gasteiger partial charge in [0.15, 0.2) is 0 Å². The molecule has 0 radical (unpaired) electrons. The van der Waals surface area contributed by atoms with Gasteiger partial charge in [0, 0.05) is 11.1 Å². The largest absolute Gasteiger partial charge is 0.478 e. The molecule has 0 aliphatic rings. The Hall–Kier alpha value is -2.68. The molecule has 0 saturated heterocycles. The minimum atomic E-state index is -1.21. The van der Waals surface area contributed by atoms with Gasteiger partial charge in [0.1, 0.15) is 5.82 Å². The summed E-state index contributed by atoms with van der Waals surface area (Å²) in [5.74, 6) is -2.68. The molecule has 1 aromatic rings. The summed E-state index contributed by atoms with van der Waals surface area (Å²) >= 11 is 0. The molecule has 5 nitrogen and oxygen atoms in total. The van der Waals surface area contributed by atoms with Crippen LogP contribution >= 0.6 is 0 Å². The SMILES string of the molecule is C/C(C(=O)O)=C(/C)C(=O)Nc1ccc(C#N)cc1F. The highest BCUT2D eigenvalue weighted by Gasteiger charge is 2.14. The molecule has 0 heterocycles. The van der Waals surface area contributed by atoms with E-state index in [-0.39, 0.29) is 22.4 Å². The topological polar surface area (TPSA) is 90.2 Å². The summed E-state index contributed by atoms with van der Waals surface area (Å²) in [7, 11) is 0. The van der Waals surface area contributed by atoms with Gasteiger partial charge in [0.25, 0.3) is 5.91 Å². The van der Waals surface area contributed by atoms with Crippen molar-refractivity contribution in [3.8, 4) is 6.07 Å².